The molecular weight excluding hydrogens is 298 g/mol. The average Bonchev–Trinajstić information content (AvgIpc) is 2.29. The third-order valence-electron chi connectivity index (χ3n) is 2.61. The van der Waals surface area contributed by atoms with Crippen LogP contribution >= 0.6 is 15.9 Å². The highest BCUT2D eigenvalue weighted by atomic mass is 79.9. The van der Waals surface area contributed by atoms with Crippen molar-refractivity contribution in [2.75, 3.05) is 24.4 Å². The van der Waals surface area contributed by atoms with Gasteiger partial charge in [-0.05, 0) is 19.8 Å². The molecule has 0 bridgehead atoms. The summed E-state index contributed by atoms with van der Waals surface area (Å²) in [6, 6.07) is 0. The second-order valence-electron chi connectivity index (χ2n) is 3.65. The predicted octanol–water partition coefficient (Wildman–Crippen LogP) is 0.944. The summed E-state index contributed by atoms with van der Waals surface area (Å²) >= 11 is 2.95. The zero-order valence-electron chi connectivity index (χ0n) is 9.19. The summed E-state index contributed by atoms with van der Waals surface area (Å²) in [7, 11) is -3.18. The fraction of sp³-hybridized carbons (Fsp3) is 0.889. The van der Waals surface area contributed by atoms with Crippen molar-refractivity contribution in [2.45, 2.75) is 19.8 Å². The van der Waals surface area contributed by atoms with E-state index in [-0.39, 0.29) is 16.5 Å². The molecule has 16 heavy (non-hydrogen) atoms. The van der Waals surface area contributed by atoms with E-state index in [9.17, 15) is 13.2 Å². The van der Waals surface area contributed by atoms with Gasteiger partial charge in [-0.25, -0.2) is 12.7 Å². The first-order chi connectivity index (χ1) is 7.51. The molecule has 0 aliphatic carbocycles. The van der Waals surface area contributed by atoms with Gasteiger partial charge in [-0.15, -0.1) is 0 Å². The molecule has 0 aromatic carbocycles. The maximum absolute atomic E-state index is 11.5. The van der Waals surface area contributed by atoms with Gasteiger partial charge < -0.3 is 4.74 Å². The number of carbonyl (C=O) groups is 1. The van der Waals surface area contributed by atoms with Crippen LogP contribution in [0.5, 0.6) is 0 Å². The molecule has 1 aliphatic rings. The van der Waals surface area contributed by atoms with Gasteiger partial charge in [-0.1, -0.05) is 15.9 Å². The van der Waals surface area contributed by atoms with Crippen LogP contribution in [0.15, 0.2) is 0 Å². The van der Waals surface area contributed by atoms with E-state index in [0.29, 0.717) is 32.5 Å². The van der Waals surface area contributed by atoms with Gasteiger partial charge in [0.2, 0.25) is 10.0 Å². The molecule has 1 heterocycles. The van der Waals surface area contributed by atoms with Gasteiger partial charge in [-0.3, -0.25) is 4.79 Å². The summed E-state index contributed by atoms with van der Waals surface area (Å²) in [5.41, 5.74) is 0. The number of ether oxygens (including phenoxy) is 1. The lowest BCUT2D eigenvalue weighted by Crippen LogP contribution is -2.40. The summed E-state index contributed by atoms with van der Waals surface area (Å²) in [6.45, 7) is 2.94. The van der Waals surface area contributed by atoms with E-state index in [1.807, 2.05) is 0 Å². The molecule has 7 heteroatoms. The zero-order valence-corrected chi connectivity index (χ0v) is 11.6. The Morgan fingerprint density at radius 3 is 2.44 bits per heavy atom. The van der Waals surface area contributed by atoms with Crippen LogP contribution in [0.1, 0.15) is 19.8 Å². The number of sulfonamides is 1. The zero-order chi connectivity index (χ0) is 12.2. The van der Waals surface area contributed by atoms with Gasteiger partial charge in [0, 0.05) is 13.1 Å². The van der Waals surface area contributed by atoms with Crippen molar-refractivity contribution in [2.24, 2.45) is 5.92 Å². The molecule has 0 unspecified atom stereocenters. The van der Waals surface area contributed by atoms with Gasteiger partial charge in [0.25, 0.3) is 0 Å². The monoisotopic (exact) mass is 313 g/mol. The molecule has 1 fully saturated rings. The Kier molecular flexibility index (Phi) is 5.20. The average molecular weight is 314 g/mol. The number of hydrogen-bond donors (Lipinski definition) is 0. The van der Waals surface area contributed by atoms with E-state index < -0.39 is 10.0 Å². The van der Waals surface area contributed by atoms with Crippen molar-refractivity contribution in [1.29, 1.82) is 0 Å². The van der Waals surface area contributed by atoms with E-state index in [2.05, 4.69) is 15.9 Å². The summed E-state index contributed by atoms with van der Waals surface area (Å²) < 4.78 is 29.3. The predicted molar refractivity (Wildman–Crippen MR) is 63.6 cm³/mol. The molecule has 1 saturated heterocycles. The van der Waals surface area contributed by atoms with Crippen LogP contribution in [0, 0.1) is 5.92 Å². The molecule has 0 aromatic heterocycles. The van der Waals surface area contributed by atoms with Gasteiger partial charge in [0.05, 0.1) is 12.5 Å². The minimum Gasteiger partial charge on any atom is -0.466 e. The lowest BCUT2D eigenvalue weighted by atomic mass is 9.98. The molecular formula is C9H16BrNO4S. The summed E-state index contributed by atoms with van der Waals surface area (Å²) in [4.78, 5) is 11.4. The maximum atomic E-state index is 11.5. The minimum absolute atomic E-state index is 0.0654. The van der Waals surface area contributed by atoms with Gasteiger partial charge in [-0.2, -0.15) is 0 Å². The van der Waals surface area contributed by atoms with Crippen LogP contribution in [0.2, 0.25) is 0 Å². The maximum Gasteiger partial charge on any atom is 0.309 e. The van der Waals surface area contributed by atoms with Crippen LogP contribution in [0.4, 0.5) is 0 Å². The Morgan fingerprint density at radius 2 is 2.00 bits per heavy atom. The molecule has 1 rings (SSSR count). The molecule has 94 valence electrons. The second-order valence-corrected chi connectivity index (χ2v) is 6.92. The highest BCUT2D eigenvalue weighted by Gasteiger charge is 2.30. The number of hydrogen-bond acceptors (Lipinski definition) is 4. The largest absolute Gasteiger partial charge is 0.466 e. The first-order valence-corrected chi connectivity index (χ1v) is 7.94. The molecule has 0 saturated carbocycles. The number of nitrogens with zero attached hydrogens (tertiary/aromatic N) is 1. The van der Waals surface area contributed by atoms with Crippen LogP contribution in [-0.4, -0.2) is 43.1 Å². The minimum atomic E-state index is -3.18. The Hall–Kier alpha value is -0.140. The summed E-state index contributed by atoms with van der Waals surface area (Å²) in [6.07, 6.45) is 1.09. The van der Waals surface area contributed by atoms with Crippen LogP contribution in [-0.2, 0) is 19.6 Å². The van der Waals surface area contributed by atoms with Gasteiger partial charge in [0.15, 0.2) is 0 Å². The Bertz CT molecular complexity index is 335. The lowest BCUT2D eigenvalue weighted by Gasteiger charge is -2.29. The topological polar surface area (TPSA) is 63.7 Å². The quantitative estimate of drug-likeness (QED) is 0.572. The van der Waals surface area contributed by atoms with Crippen molar-refractivity contribution in [1.82, 2.24) is 4.31 Å². The first-order valence-electron chi connectivity index (χ1n) is 5.21. The van der Waals surface area contributed by atoms with Crippen molar-refractivity contribution in [3.63, 3.8) is 0 Å². The number of rotatable bonds is 4. The molecule has 0 radical (unpaired) electrons. The van der Waals surface area contributed by atoms with Crippen molar-refractivity contribution < 1.29 is 17.9 Å². The standard InChI is InChI=1S/C9H16BrNO4S/c1-2-15-9(12)8-3-5-11(6-4-8)16(13,14)7-10/h8H,2-7H2,1H3. The lowest BCUT2D eigenvalue weighted by molar-refractivity contribution is -0.149. The number of halogens is 1. The molecule has 0 aromatic rings. The van der Waals surface area contributed by atoms with Crippen molar-refractivity contribution in [3.8, 4) is 0 Å². The smallest absolute Gasteiger partial charge is 0.309 e. The van der Waals surface area contributed by atoms with Crippen molar-refractivity contribution >= 4 is 31.9 Å². The Morgan fingerprint density at radius 1 is 1.44 bits per heavy atom. The molecule has 1 aliphatic heterocycles. The van der Waals surface area contributed by atoms with Crippen LogP contribution < -0.4 is 0 Å². The second kappa shape index (κ2) is 5.97. The molecule has 0 amide bonds. The van der Waals surface area contributed by atoms with Crippen LogP contribution in [0.3, 0.4) is 0 Å². The number of piperidine rings is 1. The molecule has 0 N–H and O–H groups in total. The normalized spacial score (nSPS) is 19.6. The fourth-order valence-electron chi connectivity index (χ4n) is 1.70. The number of alkyl halides is 1. The third kappa shape index (κ3) is 3.43. The molecule has 0 atom stereocenters. The summed E-state index contributed by atoms with van der Waals surface area (Å²) in [5.74, 6) is -0.361. The van der Waals surface area contributed by atoms with Crippen LogP contribution in [0.25, 0.3) is 0 Å². The Labute approximate surface area is 104 Å². The third-order valence-corrected chi connectivity index (χ3v) is 5.77. The van der Waals surface area contributed by atoms with E-state index in [1.54, 1.807) is 6.92 Å². The van der Waals surface area contributed by atoms with E-state index in [4.69, 9.17) is 4.74 Å². The molecule has 0 spiro atoms. The fourth-order valence-corrected chi connectivity index (χ4v) is 3.47. The van der Waals surface area contributed by atoms with Gasteiger partial charge >= 0.3 is 5.97 Å². The Balaban J connectivity index is 2.49. The highest BCUT2D eigenvalue weighted by molar-refractivity contribution is 9.10. The summed E-state index contributed by atoms with van der Waals surface area (Å²) in [5, 5.41) is 0. The molecule has 5 nitrogen and oxygen atoms in total. The van der Waals surface area contributed by atoms with E-state index in [1.165, 1.54) is 4.31 Å². The highest BCUT2D eigenvalue weighted by Crippen LogP contribution is 2.21. The van der Waals surface area contributed by atoms with E-state index >= 15 is 0 Å². The van der Waals surface area contributed by atoms with Crippen molar-refractivity contribution in [3.05, 3.63) is 0 Å². The SMILES string of the molecule is CCOC(=O)C1CCN(S(=O)(=O)CBr)CC1. The number of esters is 1. The van der Waals surface area contributed by atoms with Gasteiger partial charge in [0.1, 0.15) is 4.66 Å². The van der Waals surface area contributed by atoms with E-state index in [0.717, 1.165) is 0 Å². The number of carbonyl (C=O) groups excluding carboxylic acids is 1. The first kappa shape index (κ1) is 13.9.